The third-order valence-corrected chi connectivity index (χ3v) is 10.1. The van der Waals surface area contributed by atoms with E-state index in [-0.39, 0.29) is 23.6 Å². The van der Waals surface area contributed by atoms with E-state index in [1.165, 1.54) is 30.4 Å². The first-order valence-corrected chi connectivity index (χ1v) is 16.7. The molecule has 0 aliphatic carbocycles. The number of hydrogen-bond acceptors (Lipinski definition) is 11. The van der Waals surface area contributed by atoms with E-state index in [1.807, 2.05) is 18.4 Å². The molecule has 2 saturated heterocycles. The van der Waals surface area contributed by atoms with Gasteiger partial charge in [0.15, 0.2) is 5.13 Å². The minimum atomic E-state index is -0.338. The van der Waals surface area contributed by atoms with Crippen molar-refractivity contribution in [1.29, 1.82) is 0 Å². The van der Waals surface area contributed by atoms with Crippen LogP contribution in [-0.2, 0) is 16.1 Å². The average Bonchev–Trinajstić information content (AvgIpc) is 3.72. The second-order valence-corrected chi connectivity index (χ2v) is 13.1. The van der Waals surface area contributed by atoms with Crippen molar-refractivity contribution in [3.8, 4) is 10.6 Å². The number of piperazine rings is 1. The van der Waals surface area contributed by atoms with Gasteiger partial charge in [0, 0.05) is 55.1 Å². The first-order valence-electron chi connectivity index (χ1n) is 14.6. The van der Waals surface area contributed by atoms with Gasteiger partial charge in [-0.05, 0) is 45.7 Å². The molecule has 3 aromatic rings. The molecule has 42 heavy (non-hydrogen) atoms. The Morgan fingerprint density at radius 2 is 2.02 bits per heavy atom. The highest BCUT2D eigenvalue weighted by Gasteiger charge is 2.27. The monoisotopic (exact) mass is 631 g/mol. The van der Waals surface area contributed by atoms with Gasteiger partial charge in [-0.1, -0.05) is 29.9 Å². The summed E-state index contributed by atoms with van der Waals surface area (Å²) in [6.45, 7) is 11.5. The SMILES string of the molecule is CCOC(=O)CCN1CCN(c2cnc(C(=O)Nc3nc(-c4cc(Cl)cs4)c(CN4CCC[C@H]4CC)s3)cn2)C[C@H]1C. The molecule has 1 amide bonds. The van der Waals surface area contributed by atoms with Crippen molar-refractivity contribution in [2.75, 3.05) is 49.5 Å². The van der Waals surface area contributed by atoms with Crippen molar-refractivity contribution in [3.05, 3.63) is 39.4 Å². The largest absolute Gasteiger partial charge is 0.466 e. The van der Waals surface area contributed by atoms with Gasteiger partial charge in [0.05, 0.1) is 41.0 Å². The maximum atomic E-state index is 13.1. The van der Waals surface area contributed by atoms with Crippen LogP contribution in [0.25, 0.3) is 10.6 Å². The predicted molar refractivity (Wildman–Crippen MR) is 169 cm³/mol. The van der Waals surface area contributed by atoms with Crippen molar-refractivity contribution in [2.45, 2.75) is 65.1 Å². The van der Waals surface area contributed by atoms with Gasteiger partial charge in [-0.3, -0.25) is 24.7 Å². The number of aromatic nitrogens is 3. The summed E-state index contributed by atoms with van der Waals surface area (Å²) in [6.07, 6.45) is 7.12. The lowest BCUT2D eigenvalue weighted by atomic mass is 10.1. The van der Waals surface area contributed by atoms with Crippen molar-refractivity contribution in [2.24, 2.45) is 0 Å². The lowest BCUT2D eigenvalue weighted by Gasteiger charge is -2.40. The zero-order valence-electron chi connectivity index (χ0n) is 24.3. The van der Waals surface area contributed by atoms with Gasteiger partial charge in [-0.25, -0.2) is 15.0 Å². The van der Waals surface area contributed by atoms with Crippen LogP contribution in [0.3, 0.4) is 0 Å². The normalized spacial score (nSPS) is 19.8. The number of nitrogens with one attached hydrogen (secondary N) is 1. The van der Waals surface area contributed by atoms with E-state index >= 15 is 0 Å². The number of nitrogens with zero attached hydrogens (tertiary/aromatic N) is 6. The van der Waals surface area contributed by atoms with Crippen molar-refractivity contribution in [3.63, 3.8) is 0 Å². The molecule has 5 rings (SSSR count). The molecular weight excluding hydrogens is 594 g/mol. The molecule has 0 unspecified atom stereocenters. The van der Waals surface area contributed by atoms with Gasteiger partial charge in [-0.15, -0.1) is 11.3 Å². The molecular formula is C29H38ClN7O3S2. The second-order valence-electron chi connectivity index (χ2n) is 10.7. The van der Waals surface area contributed by atoms with Gasteiger partial charge in [-0.2, -0.15) is 0 Å². The molecule has 0 spiro atoms. The third-order valence-electron chi connectivity index (χ3n) is 7.90. The summed E-state index contributed by atoms with van der Waals surface area (Å²) in [5.41, 5.74) is 1.12. The van der Waals surface area contributed by atoms with Gasteiger partial charge >= 0.3 is 5.97 Å². The average molecular weight is 632 g/mol. The van der Waals surface area contributed by atoms with E-state index in [1.54, 1.807) is 17.5 Å². The summed E-state index contributed by atoms with van der Waals surface area (Å²) in [7, 11) is 0. The Labute approximate surface area is 260 Å². The van der Waals surface area contributed by atoms with Gasteiger partial charge in [0.2, 0.25) is 0 Å². The summed E-state index contributed by atoms with van der Waals surface area (Å²) in [4.78, 5) is 47.8. The maximum absolute atomic E-state index is 13.1. The topological polar surface area (TPSA) is 104 Å². The molecule has 2 aliphatic heterocycles. The number of amides is 1. The summed E-state index contributed by atoms with van der Waals surface area (Å²) in [6, 6.07) is 2.76. The summed E-state index contributed by atoms with van der Waals surface area (Å²) < 4.78 is 5.05. The number of thiazole rings is 1. The van der Waals surface area contributed by atoms with Crippen LogP contribution in [-0.4, -0.2) is 88.0 Å². The molecule has 226 valence electrons. The highest BCUT2D eigenvalue weighted by molar-refractivity contribution is 7.17. The lowest BCUT2D eigenvalue weighted by molar-refractivity contribution is -0.143. The van der Waals surface area contributed by atoms with Crippen LogP contribution in [0.4, 0.5) is 10.9 Å². The quantitative estimate of drug-likeness (QED) is 0.278. The number of anilines is 2. The molecule has 0 saturated carbocycles. The molecule has 1 N–H and O–H groups in total. The maximum Gasteiger partial charge on any atom is 0.307 e. The van der Waals surface area contributed by atoms with Gasteiger partial charge in [0.1, 0.15) is 11.5 Å². The van der Waals surface area contributed by atoms with Gasteiger partial charge < -0.3 is 9.64 Å². The van der Waals surface area contributed by atoms with Crippen molar-refractivity contribution < 1.29 is 14.3 Å². The fraction of sp³-hybridized carbons (Fsp3) is 0.552. The van der Waals surface area contributed by atoms with E-state index < -0.39 is 0 Å². The van der Waals surface area contributed by atoms with Crippen LogP contribution in [0, 0.1) is 0 Å². The fourth-order valence-electron chi connectivity index (χ4n) is 5.66. The molecule has 2 fully saturated rings. The molecule has 0 bridgehead atoms. The van der Waals surface area contributed by atoms with Crippen LogP contribution in [0.5, 0.6) is 0 Å². The summed E-state index contributed by atoms with van der Waals surface area (Å²) in [5.74, 6) is 0.229. The van der Waals surface area contributed by atoms with E-state index in [9.17, 15) is 9.59 Å². The van der Waals surface area contributed by atoms with Crippen LogP contribution >= 0.6 is 34.3 Å². The smallest absolute Gasteiger partial charge is 0.307 e. The number of rotatable bonds is 11. The number of ether oxygens (including phenoxy) is 1. The molecule has 5 heterocycles. The summed E-state index contributed by atoms with van der Waals surface area (Å²) in [5, 5.41) is 6.09. The molecule has 3 aromatic heterocycles. The lowest BCUT2D eigenvalue weighted by Crippen LogP contribution is -2.52. The molecule has 10 nitrogen and oxygen atoms in total. The van der Waals surface area contributed by atoms with E-state index in [0.29, 0.717) is 35.8 Å². The number of esters is 1. The van der Waals surface area contributed by atoms with Crippen LogP contribution in [0.1, 0.15) is 61.8 Å². The minimum absolute atomic E-state index is 0.162. The second kappa shape index (κ2) is 14.2. The number of thiophene rings is 1. The first kappa shape index (κ1) is 30.8. The van der Waals surface area contributed by atoms with Crippen LogP contribution in [0.2, 0.25) is 5.02 Å². The zero-order chi connectivity index (χ0) is 29.6. The molecule has 2 aliphatic rings. The number of halogens is 1. The Kier molecular flexibility index (Phi) is 10.4. The molecule has 0 aromatic carbocycles. The number of hydrogen-bond donors (Lipinski definition) is 1. The zero-order valence-corrected chi connectivity index (χ0v) is 26.7. The minimum Gasteiger partial charge on any atom is -0.466 e. The van der Waals surface area contributed by atoms with Gasteiger partial charge in [0.25, 0.3) is 5.91 Å². The molecule has 2 atom stereocenters. The van der Waals surface area contributed by atoms with E-state index in [4.69, 9.17) is 21.3 Å². The molecule has 0 radical (unpaired) electrons. The number of likely N-dealkylation sites (tertiary alicyclic amines) is 1. The Balaban J connectivity index is 1.22. The number of carbonyl (C=O) groups is 2. The van der Waals surface area contributed by atoms with E-state index in [0.717, 1.165) is 60.4 Å². The fourth-order valence-corrected chi connectivity index (χ4v) is 7.81. The molecule has 13 heteroatoms. The first-order chi connectivity index (χ1) is 20.3. The van der Waals surface area contributed by atoms with Crippen molar-refractivity contribution >= 4 is 57.1 Å². The highest BCUT2D eigenvalue weighted by atomic mass is 35.5. The van der Waals surface area contributed by atoms with E-state index in [2.05, 4.69) is 43.8 Å². The standard InChI is InChI=1S/C29H38ClN7O3S2/c1-4-21-7-6-9-36(21)17-24-27(23-13-20(30)18-41-23)33-29(42-24)34-28(39)22-14-32-25(15-31-22)37-12-11-35(19(3)16-37)10-8-26(38)40-5-2/h13-15,18-19,21H,4-12,16-17H2,1-3H3,(H,33,34,39)/t19-,21-/m1/s1. The third kappa shape index (κ3) is 7.46. The Bertz CT molecular complexity index is 1370. The van der Waals surface area contributed by atoms with Crippen LogP contribution < -0.4 is 10.2 Å². The Hall–Kier alpha value is -2.64. The Morgan fingerprint density at radius 3 is 2.71 bits per heavy atom. The number of carbonyl (C=O) groups excluding carboxylic acids is 2. The predicted octanol–water partition coefficient (Wildman–Crippen LogP) is 5.41. The van der Waals surface area contributed by atoms with Crippen LogP contribution in [0.15, 0.2) is 23.8 Å². The highest BCUT2D eigenvalue weighted by Crippen LogP contribution is 2.38. The summed E-state index contributed by atoms with van der Waals surface area (Å²) >= 11 is 9.31. The van der Waals surface area contributed by atoms with Crippen molar-refractivity contribution in [1.82, 2.24) is 24.8 Å². The Morgan fingerprint density at radius 1 is 1.17 bits per heavy atom.